The van der Waals surface area contributed by atoms with Crippen LogP contribution in [0.25, 0.3) is 0 Å². The highest BCUT2D eigenvalue weighted by Gasteiger charge is 2.31. The van der Waals surface area contributed by atoms with Crippen LogP contribution in [0.3, 0.4) is 0 Å². The van der Waals surface area contributed by atoms with Gasteiger partial charge in [0, 0.05) is 24.2 Å². The lowest BCUT2D eigenvalue weighted by atomic mass is 9.93. The summed E-state index contributed by atoms with van der Waals surface area (Å²) in [5.74, 6) is 0.725. The molecule has 3 saturated heterocycles. The maximum absolute atomic E-state index is 13.8. The fourth-order valence-electron chi connectivity index (χ4n) is 4.96. The third-order valence-corrected chi connectivity index (χ3v) is 6.57. The second-order valence-electron chi connectivity index (χ2n) is 8.27. The van der Waals surface area contributed by atoms with Crippen LogP contribution in [-0.2, 0) is 6.54 Å². The molecular weight excluding hydrogens is 313 g/mol. The predicted molar refractivity (Wildman–Crippen MR) is 100 cm³/mol. The van der Waals surface area contributed by atoms with Gasteiger partial charge in [0.1, 0.15) is 5.82 Å². The molecule has 3 aliphatic heterocycles. The third kappa shape index (κ3) is 4.42. The molecule has 1 N–H and O–H groups in total. The van der Waals surface area contributed by atoms with Gasteiger partial charge in [-0.2, -0.15) is 0 Å². The number of likely N-dealkylation sites (tertiary alicyclic amines) is 1. The Kier molecular flexibility index (Phi) is 5.69. The molecule has 0 amide bonds. The Morgan fingerprint density at radius 1 is 1.00 bits per heavy atom. The number of hydrogen-bond donors (Lipinski definition) is 1. The molecule has 1 aromatic rings. The molecule has 1 aromatic carbocycles. The van der Waals surface area contributed by atoms with E-state index in [1.54, 1.807) is 12.1 Å². The van der Waals surface area contributed by atoms with E-state index in [0.717, 1.165) is 43.2 Å². The van der Waals surface area contributed by atoms with Gasteiger partial charge in [0.15, 0.2) is 0 Å². The number of rotatable bonds is 5. The van der Waals surface area contributed by atoms with Gasteiger partial charge in [-0.05, 0) is 83.2 Å². The maximum Gasteiger partial charge on any atom is 0.127 e. The van der Waals surface area contributed by atoms with Gasteiger partial charge in [0.25, 0.3) is 0 Å². The summed E-state index contributed by atoms with van der Waals surface area (Å²) in [6.45, 7) is 6.75. The smallest absolute Gasteiger partial charge is 0.127 e. The predicted octanol–water partition coefficient (Wildman–Crippen LogP) is 3.25. The van der Waals surface area contributed by atoms with Crippen molar-refractivity contribution in [1.29, 1.82) is 0 Å². The highest BCUT2D eigenvalue weighted by molar-refractivity contribution is 5.17. The Morgan fingerprint density at radius 2 is 1.84 bits per heavy atom. The van der Waals surface area contributed by atoms with Crippen molar-refractivity contribution in [2.75, 3.05) is 32.7 Å². The van der Waals surface area contributed by atoms with Crippen molar-refractivity contribution in [3.05, 3.63) is 35.6 Å². The lowest BCUT2D eigenvalue weighted by molar-refractivity contribution is 0.148. The summed E-state index contributed by atoms with van der Waals surface area (Å²) in [5.41, 5.74) is 0.836. The molecule has 0 spiro atoms. The Morgan fingerprint density at radius 3 is 2.68 bits per heavy atom. The Hall–Kier alpha value is -0.970. The third-order valence-electron chi connectivity index (χ3n) is 6.57. The molecule has 0 unspecified atom stereocenters. The number of fused-ring (bicyclic) bond motifs is 1. The summed E-state index contributed by atoms with van der Waals surface area (Å²) in [7, 11) is 0. The first kappa shape index (κ1) is 17.4. The van der Waals surface area contributed by atoms with Crippen LogP contribution >= 0.6 is 0 Å². The van der Waals surface area contributed by atoms with E-state index in [0.29, 0.717) is 0 Å². The molecule has 3 nitrogen and oxygen atoms in total. The van der Waals surface area contributed by atoms with Crippen LogP contribution in [0, 0.1) is 11.7 Å². The fourth-order valence-corrected chi connectivity index (χ4v) is 4.96. The van der Waals surface area contributed by atoms with E-state index in [2.05, 4.69) is 15.1 Å². The van der Waals surface area contributed by atoms with Gasteiger partial charge in [-0.1, -0.05) is 18.2 Å². The van der Waals surface area contributed by atoms with E-state index in [4.69, 9.17) is 0 Å². The van der Waals surface area contributed by atoms with E-state index in [1.165, 1.54) is 58.2 Å². The summed E-state index contributed by atoms with van der Waals surface area (Å²) in [4.78, 5) is 5.10. The molecular formula is C21H32FN3. The highest BCUT2D eigenvalue weighted by atomic mass is 19.1. The van der Waals surface area contributed by atoms with Crippen LogP contribution in [0.2, 0.25) is 0 Å². The lowest BCUT2D eigenvalue weighted by Crippen LogP contribution is -2.47. The average Bonchev–Trinajstić information content (AvgIpc) is 3.11. The van der Waals surface area contributed by atoms with Gasteiger partial charge < -0.3 is 10.2 Å². The monoisotopic (exact) mass is 345 g/mol. The van der Waals surface area contributed by atoms with Gasteiger partial charge in [-0.25, -0.2) is 4.39 Å². The Balaban J connectivity index is 1.17. The molecule has 4 heteroatoms. The average molecular weight is 346 g/mol. The molecule has 3 aliphatic rings. The minimum Gasteiger partial charge on any atom is -0.314 e. The van der Waals surface area contributed by atoms with Crippen LogP contribution in [0.4, 0.5) is 4.39 Å². The van der Waals surface area contributed by atoms with Crippen LogP contribution in [0.1, 0.15) is 44.1 Å². The van der Waals surface area contributed by atoms with Gasteiger partial charge in [0.05, 0.1) is 0 Å². The summed E-state index contributed by atoms with van der Waals surface area (Å²) < 4.78 is 13.8. The zero-order chi connectivity index (χ0) is 17.1. The SMILES string of the molecule is Fc1ccccc1CN1CCC(CN[C@@H]2CCN3CCC[C@@H]3C2)CC1. The summed E-state index contributed by atoms with van der Waals surface area (Å²) in [6.07, 6.45) is 7.96. The molecule has 0 radical (unpaired) electrons. The van der Waals surface area contributed by atoms with Crippen molar-refractivity contribution in [2.24, 2.45) is 5.92 Å². The normalized spacial score (nSPS) is 29.0. The van der Waals surface area contributed by atoms with Gasteiger partial charge in [-0.3, -0.25) is 4.90 Å². The Labute approximate surface area is 151 Å². The van der Waals surface area contributed by atoms with Crippen LogP contribution in [0.5, 0.6) is 0 Å². The van der Waals surface area contributed by atoms with Crippen molar-refractivity contribution < 1.29 is 4.39 Å². The summed E-state index contributed by atoms with van der Waals surface area (Å²) in [5, 5.41) is 3.87. The minimum atomic E-state index is -0.0652. The van der Waals surface area contributed by atoms with E-state index in [1.807, 2.05) is 12.1 Å². The molecule has 3 heterocycles. The lowest BCUT2D eigenvalue weighted by Gasteiger charge is -2.37. The standard InChI is InChI=1S/C21H32FN3/c22-21-6-2-1-4-18(21)16-24-11-7-17(8-12-24)15-23-19-9-13-25-10-3-5-20(25)14-19/h1-2,4,6,17,19-20,23H,3,5,7-16H2/t19-,20-/m1/s1. The van der Waals surface area contributed by atoms with Crippen molar-refractivity contribution >= 4 is 0 Å². The van der Waals surface area contributed by atoms with Crippen molar-refractivity contribution in [1.82, 2.24) is 15.1 Å². The van der Waals surface area contributed by atoms with Gasteiger partial charge in [-0.15, -0.1) is 0 Å². The number of nitrogens with one attached hydrogen (secondary N) is 1. The fraction of sp³-hybridized carbons (Fsp3) is 0.714. The first-order valence-electron chi connectivity index (χ1n) is 10.2. The molecule has 0 aliphatic carbocycles. The molecule has 25 heavy (non-hydrogen) atoms. The number of benzene rings is 1. The van der Waals surface area contributed by atoms with E-state index in [-0.39, 0.29) is 5.82 Å². The molecule has 138 valence electrons. The van der Waals surface area contributed by atoms with E-state index >= 15 is 0 Å². The largest absolute Gasteiger partial charge is 0.314 e. The minimum absolute atomic E-state index is 0.0652. The number of hydrogen-bond acceptors (Lipinski definition) is 3. The van der Waals surface area contributed by atoms with Crippen LogP contribution < -0.4 is 5.32 Å². The second kappa shape index (κ2) is 8.15. The number of piperidine rings is 2. The first-order valence-corrected chi connectivity index (χ1v) is 10.2. The van der Waals surface area contributed by atoms with Crippen LogP contribution in [-0.4, -0.2) is 54.6 Å². The number of halogens is 1. The number of nitrogens with zero attached hydrogens (tertiary/aromatic N) is 2. The summed E-state index contributed by atoms with van der Waals surface area (Å²) in [6, 6.07) is 8.78. The zero-order valence-electron chi connectivity index (χ0n) is 15.3. The molecule has 0 aromatic heterocycles. The van der Waals surface area contributed by atoms with E-state index < -0.39 is 0 Å². The molecule has 4 rings (SSSR count). The van der Waals surface area contributed by atoms with E-state index in [9.17, 15) is 4.39 Å². The van der Waals surface area contributed by atoms with Crippen molar-refractivity contribution in [3.63, 3.8) is 0 Å². The first-order chi connectivity index (χ1) is 12.3. The second-order valence-corrected chi connectivity index (χ2v) is 8.27. The highest BCUT2D eigenvalue weighted by Crippen LogP contribution is 2.27. The maximum atomic E-state index is 13.8. The van der Waals surface area contributed by atoms with Gasteiger partial charge in [0.2, 0.25) is 0 Å². The molecule has 2 atom stereocenters. The zero-order valence-corrected chi connectivity index (χ0v) is 15.3. The van der Waals surface area contributed by atoms with Gasteiger partial charge >= 0.3 is 0 Å². The molecule has 0 saturated carbocycles. The molecule has 0 bridgehead atoms. The molecule has 3 fully saturated rings. The summed E-state index contributed by atoms with van der Waals surface area (Å²) >= 11 is 0. The topological polar surface area (TPSA) is 18.5 Å². The van der Waals surface area contributed by atoms with Crippen molar-refractivity contribution in [2.45, 2.75) is 57.2 Å². The van der Waals surface area contributed by atoms with Crippen LogP contribution in [0.15, 0.2) is 24.3 Å². The quantitative estimate of drug-likeness (QED) is 0.884. The Bertz CT molecular complexity index is 556. The van der Waals surface area contributed by atoms with Crippen molar-refractivity contribution in [3.8, 4) is 0 Å².